The van der Waals surface area contributed by atoms with E-state index in [1.807, 2.05) is 19.2 Å². The topological polar surface area (TPSA) is 54.0 Å². The van der Waals surface area contributed by atoms with Gasteiger partial charge in [-0.3, -0.25) is 0 Å². The summed E-state index contributed by atoms with van der Waals surface area (Å²) in [6.07, 6.45) is 1.72. The van der Waals surface area contributed by atoms with Gasteiger partial charge in [0.15, 0.2) is 0 Å². The lowest BCUT2D eigenvalue weighted by Crippen LogP contribution is -2.38. The molecule has 0 atom stereocenters. The molecule has 1 rings (SSSR count). The zero-order chi connectivity index (χ0) is 9.68. The van der Waals surface area contributed by atoms with E-state index in [0.717, 1.165) is 5.01 Å². The Labute approximate surface area is 81.4 Å². The van der Waals surface area contributed by atoms with Crippen molar-refractivity contribution in [3.05, 3.63) is 16.6 Å². The second kappa shape index (κ2) is 4.81. The molecular weight excluding hydrogens is 186 g/mol. The summed E-state index contributed by atoms with van der Waals surface area (Å²) >= 11 is 1.53. The second-order valence-electron chi connectivity index (χ2n) is 2.91. The van der Waals surface area contributed by atoms with Crippen LogP contribution in [0.3, 0.4) is 0 Å². The molecule has 0 aliphatic rings. The SMILES string of the molecule is CC(C)NC(=O)NCc1nccs1. The lowest BCUT2D eigenvalue weighted by molar-refractivity contribution is 0.238. The van der Waals surface area contributed by atoms with Gasteiger partial charge in [-0.1, -0.05) is 0 Å². The number of carbonyl (C=O) groups is 1. The maximum absolute atomic E-state index is 11.1. The van der Waals surface area contributed by atoms with Gasteiger partial charge in [0.2, 0.25) is 0 Å². The fourth-order valence-electron chi connectivity index (χ4n) is 0.809. The Morgan fingerprint density at radius 2 is 2.46 bits per heavy atom. The molecule has 2 amide bonds. The molecule has 1 heterocycles. The van der Waals surface area contributed by atoms with Gasteiger partial charge in [-0.25, -0.2) is 9.78 Å². The Balaban J connectivity index is 2.23. The fourth-order valence-corrected chi connectivity index (χ4v) is 1.37. The van der Waals surface area contributed by atoms with Gasteiger partial charge >= 0.3 is 6.03 Å². The van der Waals surface area contributed by atoms with E-state index in [9.17, 15) is 4.79 Å². The van der Waals surface area contributed by atoms with Crippen molar-refractivity contribution < 1.29 is 4.79 Å². The van der Waals surface area contributed by atoms with Gasteiger partial charge in [-0.05, 0) is 13.8 Å². The maximum atomic E-state index is 11.1. The standard InChI is InChI=1S/C8H13N3OS/c1-6(2)11-8(12)10-5-7-9-3-4-13-7/h3-4,6H,5H2,1-2H3,(H2,10,11,12). The molecule has 0 radical (unpaired) electrons. The van der Waals surface area contributed by atoms with Gasteiger partial charge in [-0.2, -0.15) is 0 Å². The summed E-state index contributed by atoms with van der Waals surface area (Å²) < 4.78 is 0. The highest BCUT2D eigenvalue weighted by atomic mass is 32.1. The van der Waals surface area contributed by atoms with Crippen molar-refractivity contribution in [1.29, 1.82) is 0 Å². The molecule has 72 valence electrons. The number of hydrogen-bond donors (Lipinski definition) is 2. The van der Waals surface area contributed by atoms with Crippen molar-refractivity contribution in [2.45, 2.75) is 26.4 Å². The zero-order valence-corrected chi connectivity index (χ0v) is 8.52. The molecule has 4 nitrogen and oxygen atoms in total. The predicted molar refractivity (Wildman–Crippen MR) is 52.6 cm³/mol. The third kappa shape index (κ3) is 3.89. The van der Waals surface area contributed by atoms with Crippen LogP contribution in [0.15, 0.2) is 11.6 Å². The summed E-state index contributed by atoms with van der Waals surface area (Å²) in [7, 11) is 0. The lowest BCUT2D eigenvalue weighted by atomic mass is 10.4. The highest BCUT2D eigenvalue weighted by Crippen LogP contribution is 2.02. The van der Waals surface area contributed by atoms with Crippen molar-refractivity contribution in [2.75, 3.05) is 0 Å². The molecule has 0 fully saturated rings. The summed E-state index contributed by atoms with van der Waals surface area (Å²) in [5, 5.41) is 8.25. The summed E-state index contributed by atoms with van der Waals surface area (Å²) in [6, 6.07) is 0.0153. The number of urea groups is 1. The fraction of sp³-hybridized carbons (Fsp3) is 0.500. The minimum atomic E-state index is -0.148. The van der Waals surface area contributed by atoms with Crippen LogP contribution in [0.25, 0.3) is 0 Å². The molecule has 5 heteroatoms. The van der Waals surface area contributed by atoms with E-state index in [2.05, 4.69) is 15.6 Å². The number of amides is 2. The normalized spacial score (nSPS) is 10.1. The van der Waals surface area contributed by atoms with E-state index in [0.29, 0.717) is 6.54 Å². The molecule has 0 saturated heterocycles. The smallest absolute Gasteiger partial charge is 0.315 e. The molecule has 0 aliphatic heterocycles. The molecule has 2 N–H and O–H groups in total. The minimum absolute atomic E-state index is 0.148. The first kappa shape index (κ1) is 9.98. The number of hydrogen-bond acceptors (Lipinski definition) is 3. The van der Waals surface area contributed by atoms with Crippen molar-refractivity contribution in [3.63, 3.8) is 0 Å². The van der Waals surface area contributed by atoms with Crippen molar-refractivity contribution in [3.8, 4) is 0 Å². The summed E-state index contributed by atoms with van der Waals surface area (Å²) in [6.45, 7) is 4.34. The van der Waals surface area contributed by atoms with E-state index < -0.39 is 0 Å². The van der Waals surface area contributed by atoms with E-state index >= 15 is 0 Å². The monoisotopic (exact) mass is 199 g/mol. The van der Waals surface area contributed by atoms with Crippen molar-refractivity contribution in [2.24, 2.45) is 0 Å². The molecule has 0 spiro atoms. The van der Waals surface area contributed by atoms with E-state index in [-0.39, 0.29) is 12.1 Å². The third-order valence-electron chi connectivity index (χ3n) is 1.30. The van der Waals surface area contributed by atoms with Crippen LogP contribution >= 0.6 is 11.3 Å². The van der Waals surface area contributed by atoms with Crippen LogP contribution in [0.2, 0.25) is 0 Å². The van der Waals surface area contributed by atoms with E-state index in [4.69, 9.17) is 0 Å². The quantitative estimate of drug-likeness (QED) is 0.772. The number of carbonyl (C=O) groups excluding carboxylic acids is 1. The third-order valence-corrected chi connectivity index (χ3v) is 2.08. The molecular formula is C8H13N3OS. The Hall–Kier alpha value is -1.10. The first-order valence-corrected chi connectivity index (χ1v) is 4.99. The average molecular weight is 199 g/mol. The van der Waals surface area contributed by atoms with Crippen LogP contribution in [0.1, 0.15) is 18.9 Å². The van der Waals surface area contributed by atoms with Gasteiger partial charge < -0.3 is 10.6 Å². The first-order valence-electron chi connectivity index (χ1n) is 4.11. The molecule has 13 heavy (non-hydrogen) atoms. The van der Waals surface area contributed by atoms with Crippen LogP contribution < -0.4 is 10.6 Å². The summed E-state index contributed by atoms with van der Waals surface area (Å²) in [5.74, 6) is 0. The zero-order valence-electron chi connectivity index (χ0n) is 7.70. The van der Waals surface area contributed by atoms with Crippen LogP contribution in [0.4, 0.5) is 4.79 Å². The number of nitrogens with one attached hydrogen (secondary N) is 2. The summed E-state index contributed by atoms with van der Waals surface area (Å²) in [4.78, 5) is 15.1. The number of rotatable bonds is 3. The van der Waals surface area contributed by atoms with Gasteiger partial charge in [0.05, 0.1) is 6.54 Å². The number of nitrogens with zero attached hydrogens (tertiary/aromatic N) is 1. The average Bonchev–Trinajstić information content (AvgIpc) is 2.51. The van der Waals surface area contributed by atoms with Gasteiger partial charge in [-0.15, -0.1) is 11.3 Å². The highest BCUT2D eigenvalue weighted by Gasteiger charge is 2.02. The van der Waals surface area contributed by atoms with Gasteiger partial charge in [0.1, 0.15) is 5.01 Å². The lowest BCUT2D eigenvalue weighted by Gasteiger charge is -2.08. The maximum Gasteiger partial charge on any atom is 0.315 e. The molecule has 1 aromatic rings. The largest absolute Gasteiger partial charge is 0.336 e. The Morgan fingerprint density at radius 1 is 1.69 bits per heavy atom. The Morgan fingerprint density at radius 3 is 3.00 bits per heavy atom. The first-order chi connectivity index (χ1) is 6.18. The predicted octanol–water partition coefficient (Wildman–Crippen LogP) is 1.35. The number of aromatic nitrogens is 1. The van der Waals surface area contributed by atoms with E-state index in [1.165, 1.54) is 11.3 Å². The summed E-state index contributed by atoms with van der Waals surface area (Å²) in [5.41, 5.74) is 0. The van der Waals surface area contributed by atoms with Crippen LogP contribution in [-0.4, -0.2) is 17.1 Å². The Bertz CT molecular complexity index is 258. The van der Waals surface area contributed by atoms with Gasteiger partial charge in [0.25, 0.3) is 0 Å². The van der Waals surface area contributed by atoms with Crippen LogP contribution in [0.5, 0.6) is 0 Å². The highest BCUT2D eigenvalue weighted by molar-refractivity contribution is 7.09. The molecule has 0 aliphatic carbocycles. The van der Waals surface area contributed by atoms with Crippen LogP contribution in [0, 0.1) is 0 Å². The van der Waals surface area contributed by atoms with Crippen LogP contribution in [-0.2, 0) is 6.54 Å². The Kier molecular flexibility index (Phi) is 3.70. The molecule has 0 unspecified atom stereocenters. The molecule has 0 aromatic carbocycles. The van der Waals surface area contributed by atoms with Crippen molar-refractivity contribution in [1.82, 2.24) is 15.6 Å². The molecule has 0 bridgehead atoms. The molecule has 1 aromatic heterocycles. The molecule has 0 saturated carbocycles. The number of thiazole rings is 1. The van der Waals surface area contributed by atoms with Gasteiger partial charge in [0, 0.05) is 17.6 Å². The van der Waals surface area contributed by atoms with E-state index in [1.54, 1.807) is 6.20 Å². The minimum Gasteiger partial charge on any atom is -0.336 e. The second-order valence-corrected chi connectivity index (χ2v) is 3.89. The van der Waals surface area contributed by atoms with Crippen molar-refractivity contribution >= 4 is 17.4 Å².